The van der Waals surface area contributed by atoms with Gasteiger partial charge in [0.25, 0.3) is 0 Å². The monoisotopic (exact) mass is 335 g/mol. The van der Waals surface area contributed by atoms with Gasteiger partial charge in [-0.2, -0.15) is 0 Å². The summed E-state index contributed by atoms with van der Waals surface area (Å²) >= 11 is 0. The molecule has 0 bridgehead atoms. The van der Waals surface area contributed by atoms with Crippen LogP contribution in [0, 0.1) is 0 Å². The SMILES string of the molecule is CN(C)CC/C=C1\c2ccccc2C[C@@H](OCC=O)c2ccccc21. The molecule has 0 unspecified atom stereocenters. The van der Waals surface area contributed by atoms with E-state index < -0.39 is 0 Å². The lowest BCUT2D eigenvalue weighted by Crippen LogP contribution is -2.12. The van der Waals surface area contributed by atoms with E-state index in [4.69, 9.17) is 4.74 Å². The van der Waals surface area contributed by atoms with E-state index >= 15 is 0 Å². The van der Waals surface area contributed by atoms with Crippen LogP contribution < -0.4 is 0 Å². The zero-order chi connectivity index (χ0) is 17.6. The Morgan fingerprint density at radius 2 is 1.80 bits per heavy atom. The molecule has 0 heterocycles. The maximum absolute atomic E-state index is 10.8. The summed E-state index contributed by atoms with van der Waals surface area (Å²) < 4.78 is 5.88. The molecule has 3 heteroatoms. The van der Waals surface area contributed by atoms with E-state index in [0.29, 0.717) is 0 Å². The summed E-state index contributed by atoms with van der Waals surface area (Å²) in [6.07, 6.45) is 4.84. The summed E-state index contributed by atoms with van der Waals surface area (Å²) in [5, 5.41) is 0. The van der Waals surface area contributed by atoms with Crippen molar-refractivity contribution >= 4 is 11.9 Å². The van der Waals surface area contributed by atoms with Crippen molar-refractivity contribution in [3.8, 4) is 0 Å². The van der Waals surface area contributed by atoms with Gasteiger partial charge >= 0.3 is 0 Å². The average Bonchev–Trinajstić information content (AvgIpc) is 2.75. The molecule has 0 amide bonds. The maximum atomic E-state index is 10.8. The number of benzene rings is 2. The second kappa shape index (κ2) is 8.24. The van der Waals surface area contributed by atoms with Crippen molar-refractivity contribution < 1.29 is 9.53 Å². The lowest BCUT2D eigenvalue weighted by Gasteiger charge is -2.17. The Morgan fingerprint density at radius 3 is 2.56 bits per heavy atom. The van der Waals surface area contributed by atoms with Crippen molar-refractivity contribution in [1.82, 2.24) is 4.90 Å². The van der Waals surface area contributed by atoms with Crippen LogP contribution in [0.3, 0.4) is 0 Å². The van der Waals surface area contributed by atoms with E-state index in [0.717, 1.165) is 31.2 Å². The summed E-state index contributed by atoms with van der Waals surface area (Å²) in [6, 6.07) is 16.9. The minimum absolute atomic E-state index is 0.0951. The fourth-order valence-corrected chi connectivity index (χ4v) is 3.43. The standard InChI is InChI=1S/C22H25NO2/c1-23(2)13-7-12-19-18-9-4-3-8-17(18)16-22(25-15-14-24)21-11-6-5-10-20(19)21/h3-6,8-12,14,22H,7,13,15-16H2,1-2H3/b19-12+/t22-/m1/s1. The fraction of sp³-hybridized carbons (Fsp3) is 0.318. The molecule has 0 aliphatic heterocycles. The quantitative estimate of drug-likeness (QED) is 0.750. The molecular weight excluding hydrogens is 310 g/mol. The highest BCUT2D eigenvalue weighted by Gasteiger charge is 2.25. The second-order valence-electron chi connectivity index (χ2n) is 6.65. The highest BCUT2D eigenvalue weighted by atomic mass is 16.5. The highest BCUT2D eigenvalue weighted by Crippen LogP contribution is 2.39. The first-order valence-corrected chi connectivity index (χ1v) is 8.78. The van der Waals surface area contributed by atoms with Crippen molar-refractivity contribution in [3.63, 3.8) is 0 Å². The Balaban J connectivity index is 2.09. The number of hydrogen-bond donors (Lipinski definition) is 0. The van der Waals surface area contributed by atoms with Gasteiger partial charge in [-0.3, -0.25) is 0 Å². The van der Waals surface area contributed by atoms with Crippen LogP contribution >= 0.6 is 0 Å². The van der Waals surface area contributed by atoms with E-state index in [-0.39, 0.29) is 12.7 Å². The summed E-state index contributed by atoms with van der Waals surface area (Å²) in [4.78, 5) is 13.0. The van der Waals surface area contributed by atoms with Crippen LogP contribution in [0.2, 0.25) is 0 Å². The molecule has 0 aromatic heterocycles. The van der Waals surface area contributed by atoms with Crippen molar-refractivity contribution in [2.75, 3.05) is 27.2 Å². The van der Waals surface area contributed by atoms with Crippen LogP contribution in [0.1, 0.15) is 34.8 Å². The van der Waals surface area contributed by atoms with Crippen molar-refractivity contribution in [1.29, 1.82) is 0 Å². The number of hydrogen-bond acceptors (Lipinski definition) is 3. The van der Waals surface area contributed by atoms with Crippen LogP contribution in [0.25, 0.3) is 5.57 Å². The van der Waals surface area contributed by atoms with Gasteiger partial charge in [-0.25, -0.2) is 0 Å². The topological polar surface area (TPSA) is 29.5 Å². The molecule has 0 saturated heterocycles. The number of nitrogens with zero attached hydrogens (tertiary/aromatic N) is 1. The van der Waals surface area contributed by atoms with E-state index in [2.05, 4.69) is 67.5 Å². The van der Waals surface area contributed by atoms with Gasteiger partial charge in [0.15, 0.2) is 0 Å². The summed E-state index contributed by atoms with van der Waals surface area (Å²) in [5.74, 6) is 0. The molecule has 0 saturated carbocycles. The number of aldehydes is 1. The molecule has 2 aromatic carbocycles. The second-order valence-corrected chi connectivity index (χ2v) is 6.65. The fourth-order valence-electron chi connectivity index (χ4n) is 3.43. The normalized spacial score (nSPS) is 17.9. The third-order valence-corrected chi connectivity index (χ3v) is 4.60. The predicted molar refractivity (Wildman–Crippen MR) is 102 cm³/mol. The average molecular weight is 335 g/mol. The van der Waals surface area contributed by atoms with E-state index in [9.17, 15) is 4.79 Å². The molecule has 1 aliphatic carbocycles. The molecule has 3 nitrogen and oxygen atoms in total. The van der Waals surface area contributed by atoms with E-state index in [1.54, 1.807) is 0 Å². The van der Waals surface area contributed by atoms with Crippen LogP contribution in [0.5, 0.6) is 0 Å². The van der Waals surface area contributed by atoms with Crippen LogP contribution in [0.15, 0.2) is 54.6 Å². The largest absolute Gasteiger partial charge is 0.366 e. The Hall–Kier alpha value is -2.23. The first kappa shape index (κ1) is 17.6. The van der Waals surface area contributed by atoms with Crippen LogP contribution in [0.4, 0.5) is 0 Å². The zero-order valence-corrected chi connectivity index (χ0v) is 14.9. The molecule has 1 aliphatic rings. The van der Waals surface area contributed by atoms with Crippen molar-refractivity contribution in [2.45, 2.75) is 18.9 Å². The summed E-state index contributed by atoms with van der Waals surface area (Å²) in [5.41, 5.74) is 6.18. The minimum atomic E-state index is -0.0951. The molecule has 0 spiro atoms. The van der Waals surface area contributed by atoms with Crippen molar-refractivity contribution in [3.05, 3.63) is 76.9 Å². The summed E-state index contributed by atoms with van der Waals surface area (Å²) in [7, 11) is 4.19. The predicted octanol–water partition coefficient (Wildman–Crippen LogP) is 3.88. The Kier molecular flexibility index (Phi) is 5.79. The molecule has 3 rings (SSSR count). The number of carbonyl (C=O) groups excluding carboxylic acids is 1. The first-order valence-electron chi connectivity index (χ1n) is 8.78. The molecular formula is C22H25NO2. The Labute approximate surface area is 149 Å². The van der Waals surface area contributed by atoms with Gasteiger partial charge in [0.2, 0.25) is 0 Å². The molecule has 0 radical (unpaired) electrons. The molecule has 2 aromatic rings. The van der Waals surface area contributed by atoms with Gasteiger partial charge in [0.1, 0.15) is 12.9 Å². The van der Waals surface area contributed by atoms with E-state index in [1.807, 2.05) is 6.07 Å². The third kappa shape index (κ3) is 4.06. The first-order chi connectivity index (χ1) is 12.2. The van der Waals surface area contributed by atoms with Crippen molar-refractivity contribution in [2.24, 2.45) is 0 Å². The van der Waals surface area contributed by atoms with Gasteiger partial charge in [0, 0.05) is 13.0 Å². The van der Waals surface area contributed by atoms with Gasteiger partial charge in [0.05, 0.1) is 6.10 Å². The van der Waals surface area contributed by atoms with E-state index in [1.165, 1.54) is 22.3 Å². The highest BCUT2D eigenvalue weighted by molar-refractivity contribution is 5.84. The molecule has 0 fully saturated rings. The third-order valence-electron chi connectivity index (χ3n) is 4.60. The lowest BCUT2D eigenvalue weighted by atomic mass is 9.93. The lowest BCUT2D eigenvalue weighted by molar-refractivity contribution is -0.113. The van der Waals surface area contributed by atoms with Crippen LogP contribution in [-0.4, -0.2) is 38.4 Å². The van der Waals surface area contributed by atoms with Gasteiger partial charge in [-0.05, 0) is 48.3 Å². The van der Waals surface area contributed by atoms with Crippen LogP contribution in [-0.2, 0) is 16.0 Å². The Morgan fingerprint density at radius 1 is 1.08 bits per heavy atom. The number of carbonyl (C=O) groups is 1. The molecule has 25 heavy (non-hydrogen) atoms. The zero-order valence-electron chi connectivity index (χ0n) is 14.9. The number of ether oxygens (including phenoxy) is 1. The van der Waals surface area contributed by atoms with Gasteiger partial charge in [-0.1, -0.05) is 54.6 Å². The minimum Gasteiger partial charge on any atom is -0.366 e. The number of fused-ring (bicyclic) bond motifs is 2. The molecule has 0 N–H and O–H groups in total. The number of rotatable bonds is 6. The Bertz CT molecular complexity index is 764. The molecule has 1 atom stereocenters. The maximum Gasteiger partial charge on any atom is 0.145 e. The molecule has 130 valence electrons. The van der Waals surface area contributed by atoms with Gasteiger partial charge in [-0.15, -0.1) is 0 Å². The summed E-state index contributed by atoms with van der Waals surface area (Å²) in [6.45, 7) is 1.14. The smallest absolute Gasteiger partial charge is 0.145 e. The van der Waals surface area contributed by atoms with Gasteiger partial charge < -0.3 is 14.4 Å².